The van der Waals surface area contributed by atoms with Crippen LogP contribution in [-0.4, -0.2) is 48.4 Å². The fourth-order valence-corrected chi connectivity index (χ4v) is 2.90. The van der Waals surface area contributed by atoms with Crippen LogP contribution >= 0.6 is 11.8 Å². The van der Waals surface area contributed by atoms with E-state index in [0.29, 0.717) is 18.9 Å². The summed E-state index contributed by atoms with van der Waals surface area (Å²) in [5, 5.41) is 13.2. The minimum absolute atomic E-state index is 0.00812. The zero-order valence-corrected chi connectivity index (χ0v) is 12.1. The Hall–Kier alpha value is -0.260. The second kappa shape index (κ2) is 8.77. The highest BCUT2D eigenvalue weighted by Crippen LogP contribution is 2.26. The van der Waals surface area contributed by atoms with Crippen molar-refractivity contribution in [1.82, 2.24) is 5.32 Å². The SMILES string of the molecule is COCCSCC(=O)NCC1(O)CCCCCC1. The highest BCUT2D eigenvalue weighted by atomic mass is 32.2. The van der Waals surface area contributed by atoms with Gasteiger partial charge in [-0.15, -0.1) is 11.8 Å². The maximum Gasteiger partial charge on any atom is 0.230 e. The lowest BCUT2D eigenvalue weighted by molar-refractivity contribution is -0.120. The van der Waals surface area contributed by atoms with Crippen LogP contribution in [0.25, 0.3) is 0 Å². The van der Waals surface area contributed by atoms with Crippen molar-refractivity contribution in [3.05, 3.63) is 0 Å². The molecular weight excluding hydrogens is 250 g/mol. The van der Waals surface area contributed by atoms with Crippen LogP contribution in [0.2, 0.25) is 0 Å². The first-order valence-electron chi connectivity index (χ1n) is 6.72. The molecule has 1 aliphatic carbocycles. The zero-order valence-electron chi connectivity index (χ0n) is 11.2. The van der Waals surface area contributed by atoms with Crippen molar-refractivity contribution in [2.24, 2.45) is 0 Å². The molecule has 1 rings (SSSR count). The van der Waals surface area contributed by atoms with Gasteiger partial charge in [0.15, 0.2) is 0 Å². The summed E-state index contributed by atoms with van der Waals surface area (Å²) in [5.41, 5.74) is -0.677. The highest BCUT2D eigenvalue weighted by molar-refractivity contribution is 7.99. The molecule has 0 saturated heterocycles. The molecule has 0 bridgehead atoms. The number of amides is 1. The molecule has 0 aromatic rings. The Balaban J connectivity index is 2.15. The van der Waals surface area contributed by atoms with Gasteiger partial charge >= 0.3 is 0 Å². The second-order valence-electron chi connectivity index (χ2n) is 4.96. The second-order valence-corrected chi connectivity index (χ2v) is 6.07. The van der Waals surface area contributed by atoms with Gasteiger partial charge in [-0.2, -0.15) is 0 Å². The molecule has 0 heterocycles. The molecule has 0 atom stereocenters. The van der Waals surface area contributed by atoms with Crippen molar-refractivity contribution in [2.75, 3.05) is 31.8 Å². The van der Waals surface area contributed by atoms with Crippen LogP contribution < -0.4 is 5.32 Å². The van der Waals surface area contributed by atoms with Crippen LogP contribution in [0, 0.1) is 0 Å². The molecule has 0 unspecified atom stereocenters. The van der Waals surface area contributed by atoms with E-state index in [1.807, 2.05) is 0 Å². The van der Waals surface area contributed by atoms with Crippen LogP contribution in [0.5, 0.6) is 0 Å². The zero-order chi connectivity index (χ0) is 13.3. The number of carbonyl (C=O) groups is 1. The minimum Gasteiger partial charge on any atom is -0.388 e. The number of rotatable bonds is 7. The van der Waals surface area contributed by atoms with Crippen LogP contribution in [-0.2, 0) is 9.53 Å². The maximum atomic E-state index is 11.6. The van der Waals surface area contributed by atoms with Crippen LogP contribution in [0.4, 0.5) is 0 Å². The molecule has 0 aromatic carbocycles. The Kier molecular flexibility index (Phi) is 7.70. The molecule has 1 saturated carbocycles. The summed E-state index contributed by atoms with van der Waals surface area (Å²) in [4.78, 5) is 11.6. The van der Waals surface area contributed by atoms with E-state index in [0.717, 1.165) is 31.4 Å². The van der Waals surface area contributed by atoms with Gasteiger partial charge in [0.05, 0.1) is 18.0 Å². The molecule has 0 radical (unpaired) electrons. The number of aliphatic hydroxyl groups is 1. The summed E-state index contributed by atoms with van der Waals surface area (Å²) < 4.78 is 4.92. The lowest BCUT2D eigenvalue weighted by Gasteiger charge is -2.26. The quantitative estimate of drug-likeness (QED) is 0.547. The van der Waals surface area contributed by atoms with E-state index in [4.69, 9.17) is 4.74 Å². The van der Waals surface area contributed by atoms with Gasteiger partial charge in [0, 0.05) is 19.4 Å². The minimum atomic E-state index is -0.677. The van der Waals surface area contributed by atoms with Crippen molar-refractivity contribution in [3.8, 4) is 0 Å². The van der Waals surface area contributed by atoms with Gasteiger partial charge in [0.2, 0.25) is 5.91 Å². The third kappa shape index (κ3) is 6.61. The van der Waals surface area contributed by atoms with E-state index in [1.165, 1.54) is 12.8 Å². The highest BCUT2D eigenvalue weighted by Gasteiger charge is 2.28. The average molecular weight is 275 g/mol. The number of carbonyl (C=O) groups excluding carboxylic acids is 1. The molecule has 0 spiro atoms. The Labute approximate surface area is 114 Å². The molecule has 5 heteroatoms. The Morgan fingerprint density at radius 3 is 2.61 bits per heavy atom. The van der Waals surface area contributed by atoms with Crippen molar-refractivity contribution in [2.45, 2.75) is 44.1 Å². The number of methoxy groups -OCH3 is 1. The van der Waals surface area contributed by atoms with Crippen molar-refractivity contribution in [3.63, 3.8) is 0 Å². The van der Waals surface area contributed by atoms with Crippen molar-refractivity contribution in [1.29, 1.82) is 0 Å². The number of hydrogen-bond donors (Lipinski definition) is 2. The van der Waals surface area contributed by atoms with Crippen LogP contribution in [0.15, 0.2) is 0 Å². The number of thioether (sulfide) groups is 1. The fourth-order valence-electron chi connectivity index (χ4n) is 2.18. The lowest BCUT2D eigenvalue weighted by Crippen LogP contribution is -2.43. The summed E-state index contributed by atoms with van der Waals surface area (Å²) in [5.74, 6) is 1.28. The summed E-state index contributed by atoms with van der Waals surface area (Å²) >= 11 is 1.56. The van der Waals surface area contributed by atoms with Crippen LogP contribution in [0.1, 0.15) is 38.5 Å². The maximum absolute atomic E-state index is 11.6. The first kappa shape index (κ1) is 15.8. The Morgan fingerprint density at radius 2 is 2.00 bits per heavy atom. The lowest BCUT2D eigenvalue weighted by atomic mass is 9.94. The van der Waals surface area contributed by atoms with Gasteiger partial charge in [-0.05, 0) is 12.8 Å². The topological polar surface area (TPSA) is 58.6 Å². The molecule has 2 N–H and O–H groups in total. The molecular formula is C13H25NO3S. The standard InChI is InChI=1S/C13H25NO3S/c1-17-8-9-18-10-12(15)14-11-13(16)6-4-2-3-5-7-13/h16H,2-11H2,1H3,(H,14,15). The predicted octanol–water partition coefficient (Wildman–Crippen LogP) is 1.57. The van der Waals surface area contributed by atoms with E-state index in [1.54, 1.807) is 18.9 Å². The van der Waals surface area contributed by atoms with Gasteiger partial charge < -0.3 is 15.2 Å². The van der Waals surface area contributed by atoms with Crippen LogP contribution in [0.3, 0.4) is 0 Å². The van der Waals surface area contributed by atoms with E-state index < -0.39 is 5.60 Å². The van der Waals surface area contributed by atoms with Gasteiger partial charge in [-0.25, -0.2) is 0 Å². The summed E-state index contributed by atoms with van der Waals surface area (Å²) in [7, 11) is 1.65. The summed E-state index contributed by atoms with van der Waals surface area (Å²) in [6, 6.07) is 0. The van der Waals surface area contributed by atoms with Crippen molar-refractivity contribution < 1.29 is 14.6 Å². The van der Waals surface area contributed by atoms with Gasteiger partial charge in [0.1, 0.15) is 0 Å². The number of hydrogen-bond acceptors (Lipinski definition) is 4. The van der Waals surface area contributed by atoms with E-state index in [2.05, 4.69) is 5.32 Å². The summed E-state index contributed by atoms with van der Waals surface area (Å²) in [6.07, 6.45) is 6.14. The first-order valence-corrected chi connectivity index (χ1v) is 7.87. The van der Waals surface area contributed by atoms with Gasteiger partial charge in [-0.1, -0.05) is 25.7 Å². The van der Waals surface area contributed by atoms with E-state index in [-0.39, 0.29) is 5.91 Å². The van der Waals surface area contributed by atoms with E-state index >= 15 is 0 Å². The normalized spacial score (nSPS) is 19.2. The predicted molar refractivity (Wildman–Crippen MR) is 74.9 cm³/mol. The van der Waals surface area contributed by atoms with Gasteiger partial charge in [0.25, 0.3) is 0 Å². The monoisotopic (exact) mass is 275 g/mol. The Morgan fingerprint density at radius 1 is 1.33 bits per heavy atom. The molecule has 1 aliphatic rings. The molecule has 106 valence electrons. The summed E-state index contributed by atoms with van der Waals surface area (Å²) in [6.45, 7) is 1.07. The molecule has 0 aliphatic heterocycles. The Bertz CT molecular complexity index is 240. The van der Waals surface area contributed by atoms with E-state index in [9.17, 15) is 9.90 Å². The van der Waals surface area contributed by atoms with Gasteiger partial charge in [-0.3, -0.25) is 4.79 Å². The molecule has 1 amide bonds. The molecule has 1 fully saturated rings. The number of nitrogens with one attached hydrogen (secondary N) is 1. The molecule has 4 nitrogen and oxygen atoms in total. The molecule has 18 heavy (non-hydrogen) atoms. The fraction of sp³-hybridized carbons (Fsp3) is 0.923. The average Bonchev–Trinajstić information content (AvgIpc) is 2.58. The largest absolute Gasteiger partial charge is 0.388 e. The third-order valence-corrected chi connectivity index (χ3v) is 4.24. The molecule has 0 aromatic heterocycles. The first-order chi connectivity index (χ1) is 8.66. The van der Waals surface area contributed by atoms with Crippen molar-refractivity contribution >= 4 is 17.7 Å². The number of ether oxygens (including phenoxy) is 1. The third-order valence-electron chi connectivity index (χ3n) is 3.31. The smallest absolute Gasteiger partial charge is 0.230 e.